The Morgan fingerprint density at radius 2 is 1.75 bits per heavy atom. The largest absolute Gasteiger partial charge is 0.481 e. The molecular formula is C12H23NO3. The van der Waals surface area contributed by atoms with E-state index in [2.05, 4.69) is 19.2 Å². The maximum atomic E-state index is 11.5. The fraction of sp³-hybridized carbons (Fsp3) is 0.833. The number of carboxylic acid groups (broad SMARTS) is 1. The third-order valence-electron chi connectivity index (χ3n) is 2.43. The van der Waals surface area contributed by atoms with E-state index in [-0.39, 0.29) is 12.5 Å². The van der Waals surface area contributed by atoms with Crippen LogP contribution in [0.5, 0.6) is 0 Å². The number of aliphatic carboxylic acids is 1. The first-order valence-electron chi connectivity index (χ1n) is 5.82. The van der Waals surface area contributed by atoms with E-state index < -0.39 is 11.9 Å². The molecule has 0 heterocycles. The number of carbonyl (C=O) groups excluding carboxylic acids is 1. The summed E-state index contributed by atoms with van der Waals surface area (Å²) < 4.78 is 0. The van der Waals surface area contributed by atoms with Crippen molar-refractivity contribution in [2.75, 3.05) is 6.54 Å². The van der Waals surface area contributed by atoms with Gasteiger partial charge < -0.3 is 10.4 Å². The molecule has 0 aromatic rings. The van der Waals surface area contributed by atoms with Crippen LogP contribution in [0.4, 0.5) is 0 Å². The highest BCUT2D eigenvalue weighted by Gasteiger charge is 2.14. The van der Waals surface area contributed by atoms with E-state index in [0.29, 0.717) is 18.3 Å². The predicted molar refractivity (Wildman–Crippen MR) is 63.0 cm³/mol. The van der Waals surface area contributed by atoms with Crippen LogP contribution in [0.1, 0.15) is 40.5 Å². The van der Waals surface area contributed by atoms with Crippen molar-refractivity contribution in [1.29, 1.82) is 0 Å². The van der Waals surface area contributed by atoms with Gasteiger partial charge in [-0.05, 0) is 18.3 Å². The highest BCUT2D eigenvalue weighted by molar-refractivity contribution is 5.77. The lowest BCUT2D eigenvalue weighted by Gasteiger charge is -2.14. The summed E-state index contributed by atoms with van der Waals surface area (Å²) in [6.07, 6.45) is 1.49. The van der Waals surface area contributed by atoms with Gasteiger partial charge in [0, 0.05) is 13.0 Å². The lowest BCUT2D eigenvalue weighted by atomic mass is 9.96. The topological polar surface area (TPSA) is 66.4 Å². The Morgan fingerprint density at radius 1 is 1.19 bits per heavy atom. The van der Waals surface area contributed by atoms with Gasteiger partial charge in [-0.15, -0.1) is 0 Å². The number of rotatable bonds is 7. The van der Waals surface area contributed by atoms with Gasteiger partial charge >= 0.3 is 5.97 Å². The van der Waals surface area contributed by atoms with Crippen LogP contribution < -0.4 is 5.32 Å². The lowest BCUT2D eigenvalue weighted by Crippen LogP contribution is -2.32. The van der Waals surface area contributed by atoms with Crippen molar-refractivity contribution >= 4 is 11.9 Å². The minimum absolute atomic E-state index is 0.0544. The SMILES string of the molecule is CC(C)CC(C)CC(=O)NCC(C)C(=O)O. The molecule has 0 aromatic heterocycles. The Bertz CT molecular complexity index is 238. The third-order valence-corrected chi connectivity index (χ3v) is 2.43. The normalized spacial score (nSPS) is 14.6. The molecule has 2 unspecified atom stereocenters. The minimum atomic E-state index is -0.879. The zero-order chi connectivity index (χ0) is 12.7. The maximum Gasteiger partial charge on any atom is 0.308 e. The van der Waals surface area contributed by atoms with Gasteiger partial charge in [0.15, 0.2) is 0 Å². The van der Waals surface area contributed by atoms with Gasteiger partial charge in [0.1, 0.15) is 0 Å². The van der Waals surface area contributed by atoms with E-state index >= 15 is 0 Å². The molecule has 4 heteroatoms. The monoisotopic (exact) mass is 229 g/mol. The second kappa shape index (κ2) is 7.25. The fourth-order valence-corrected chi connectivity index (χ4v) is 1.63. The van der Waals surface area contributed by atoms with Crippen molar-refractivity contribution in [2.24, 2.45) is 17.8 Å². The summed E-state index contributed by atoms with van der Waals surface area (Å²) in [6.45, 7) is 8.09. The molecule has 0 radical (unpaired) electrons. The molecular weight excluding hydrogens is 206 g/mol. The third kappa shape index (κ3) is 7.26. The van der Waals surface area contributed by atoms with Crippen LogP contribution in [0.15, 0.2) is 0 Å². The molecule has 2 atom stereocenters. The Hall–Kier alpha value is -1.06. The lowest BCUT2D eigenvalue weighted by molar-refractivity contribution is -0.141. The molecule has 0 aromatic carbocycles. The van der Waals surface area contributed by atoms with Crippen molar-refractivity contribution in [1.82, 2.24) is 5.32 Å². The molecule has 2 N–H and O–H groups in total. The molecule has 0 saturated carbocycles. The van der Waals surface area contributed by atoms with Crippen molar-refractivity contribution in [3.8, 4) is 0 Å². The van der Waals surface area contributed by atoms with Gasteiger partial charge in [-0.1, -0.05) is 27.7 Å². The van der Waals surface area contributed by atoms with Crippen molar-refractivity contribution in [3.05, 3.63) is 0 Å². The molecule has 0 fully saturated rings. The van der Waals surface area contributed by atoms with Gasteiger partial charge in [0.25, 0.3) is 0 Å². The van der Waals surface area contributed by atoms with Gasteiger partial charge in [0.2, 0.25) is 5.91 Å². The zero-order valence-electron chi connectivity index (χ0n) is 10.6. The molecule has 0 aliphatic carbocycles. The molecule has 16 heavy (non-hydrogen) atoms. The molecule has 1 amide bonds. The summed E-state index contributed by atoms with van der Waals surface area (Å²) >= 11 is 0. The van der Waals surface area contributed by atoms with Gasteiger partial charge in [-0.3, -0.25) is 9.59 Å². The molecule has 0 aliphatic rings. The molecule has 94 valence electrons. The number of hydrogen-bond acceptors (Lipinski definition) is 2. The molecule has 0 aliphatic heterocycles. The number of amides is 1. The zero-order valence-corrected chi connectivity index (χ0v) is 10.6. The van der Waals surface area contributed by atoms with Crippen LogP contribution in [-0.4, -0.2) is 23.5 Å². The predicted octanol–water partition coefficient (Wildman–Crippen LogP) is 1.90. The first-order chi connectivity index (χ1) is 7.32. The van der Waals surface area contributed by atoms with Crippen molar-refractivity contribution in [3.63, 3.8) is 0 Å². The highest BCUT2D eigenvalue weighted by Crippen LogP contribution is 2.14. The second-order valence-electron chi connectivity index (χ2n) is 4.98. The Kier molecular flexibility index (Phi) is 6.77. The second-order valence-corrected chi connectivity index (χ2v) is 4.98. The van der Waals surface area contributed by atoms with Crippen LogP contribution in [0.3, 0.4) is 0 Å². The molecule has 4 nitrogen and oxygen atoms in total. The highest BCUT2D eigenvalue weighted by atomic mass is 16.4. The summed E-state index contributed by atoms with van der Waals surface area (Å²) in [5.74, 6) is -0.526. The number of hydrogen-bond donors (Lipinski definition) is 2. The number of carboxylic acids is 1. The minimum Gasteiger partial charge on any atom is -0.481 e. The van der Waals surface area contributed by atoms with E-state index in [9.17, 15) is 9.59 Å². The van der Waals surface area contributed by atoms with Crippen LogP contribution in [0.2, 0.25) is 0 Å². The number of carbonyl (C=O) groups is 2. The van der Waals surface area contributed by atoms with E-state index in [4.69, 9.17) is 5.11 Å². The summed E-state index contributed by atoms with van der Waals surface area (Å²) in [6, 6.07) is 0. The summed E-state index contributed by atoms with van der Waals surface area (Å²) in [5, 5.41) is 11.3. The van der Waals surface area contributed by atoms with Crippen LogP contribution >= 0.6 is 0 Å². The Balaban J connectivity index is 3.78. The Labute approximate surface area is 97.4 Å². The van der Waals surface area contributed by atoms with Gasteiger partial charge in [-0.2, -0.15) is 0 Å². The standard InChI is InChI=1S/C12H23NO3/c1-8(2)5-9(3)6-11(14)13-7-10(4)12(15)16/h8-10H,5-7H2,1-4H3,(H,13,14)(H,15,16). The smallest absolute Gasteiger partial charge is 0.308 e. The number of nitrogens with one attached hydrogen (secondary N) is 1. The molecule has 0 spiro atoms. The average Bonchev–Trinajstić information content (AvgIpc) is 2.12. The van der Waals surface area contributed by atoms with Crippen LogP contribution in [-0.2, 0) is 9.59 Å². The Morgan fingerprint density at radius 3 is 2.19 bits per heavy atom. The van der Waals surface area contributed by atoms with E-state index in [1.165, 1.54) is 0 Å². The summed E-state index contributed by atoms with van der Waals surface area (Å²) in [4.78, 5) is 22.0. The van der Waals surface area contributed by atoms with Gasteiger partial charge in [-0.25, -0.2) is 0 Å². The molecule has 0 saturated heterocycles. The van der Waals surface area contributed by atoms with Crippen LogP contribution in [0.25, 0.3) is 0 Å². The average molecular weight is 229 g/mol. The quantitative estimate of drug-likeness (QED) is 0.700. The van der Waals surface area contributed by atoms with E-state index in [1.54, 1.807) is 6.92 Å². The molecule has 0 rings (SSSR count). The fourth-order valence-electron chi connectivity index (χ4n) is 1.63. The molecule has 0 bridgehead atoms. The maximum absolute atomic E-state index is 11.5. The first-order valence-corrected chi connectivity index (χ1v) is 5.82. The van der Waals surface area contributed by atoms with E-state index in [1.807, 2.05) is 6.92 Å². The first kappa shape index (κ1) is 14.9. The van der Waals surface area contributed by atoms with E-state index in [0.717, 1.165) is 6.42 Å². The summed E-state index contributed by atoms with van der Waals surface area (Å²) in [7, 11) is 0. The van der Waals surface area contributed by atoms with Crippen molar-refractivity contribution < 1.29 is 14.7 Å². The van der Waals surface area contributed by atoms with Crippen LogP contribution in [0, 0.1) is 17.8 Å². The van der Waals surface area contributed by atoms with Gasteiger partial charge in [0.05, 0.1) is 5.92 Å². The summed E-state index contributed by atoms with van der Waals surface area (Å²) in [5.41, 5.74) is 0. The van der Waals surface area contributed by atoms with Crippen molar-refractivity contribution in [2.45, 2.75) is 40.5 Å².